The number of piperidine rings is 1. The maximum Gasteiger partial charge on any atom is 0.426 e. The van der Waals surface area contributed by atoms with Gasteiger partial charge in [0, 0.05) is 23.8 Å². The number of ether oxygens (including phenoxy) is 1. The average Bonchev–Trinajstić information content (AvgIpc) is 2.90. The second-order valence-corrected chi connectivity index (χ2v) is 11.6. The van der Waals surface area contributed by atoms with Crippen LogP contribution in [0.2, 0.25) is 5.02 Å². The Hall–Kier alpha value is -3.12. The second-order valence-electron chi connectivity index (χ2n) is 9.74. The number of nitrogens with zero attached hydrogens (tertiary/aromatic N) is 1. The van der Waals surface area contributed by atoms with E-state index < -0.39 is 28.5 Å². The van der Waals surface area contributed by atoms with Gasteiger partial charge in [0.25, 0.3) is 10.1 Å². The zero-order chi connectivity index (χ0) is 29.9. The Balaban J connectivity index is 0.000000352. The Morgan fingerprint density at radius 3 is 2.15 bits per heavy atom. The highest BCUT2D eigenvalue weighted by molar-refractivity contribution is 7.85. The fraction of sp³-hybridized carbons (Fsp3) is 0.345. The maximum absolute atomic E-state index is 13.5. The van der Waals surface area contributed by atoms with Crippen LogP contribution in [0.25, 0.3) is 0 Å². The molecular formula is C29H32ClF3N2O5S. The van der Waals surface area contributed by atoms with E-state index in [0.717, 1.165) is 19.3 Å². The molecular weight excluding hydrogens is 581 g/mol. The molecule has 0 radical (unpaired) electrons. The summed E-state index contributed by atoms with van der Waals surface area (Å²) in [5.74, 6) is -0.0358. The van der Waals surface area contributed by atoms with Gasteiger partial charge in [-0.2, -0.15) is 21.6 Å². The lowest BCUT2D eigenvalue weighted by Gasteiger charge is -2.35. The molecule has 1 saturated heterocycles. The Labute approximate surface area is 243 Å². The molecule has 3 aromatic rings. The normalized spacial score (nSPS) is 16.7. The summed E-state index contributed by atoms with van der Waals surface area (Å²) in [5, 5.41) is 2.77. The average molecular weight is 613 g/mol. The summed E-state index contributed by atoms with van der Waals surface area (Å²) in [6, 6.07) is 24.5. The molecule has 0 bridgehead atoms. The fourth-order valence-corrected chi connectivity index (χ4v) is 5.21. The highest BCUT2D eigenvalue weighted by Crippen LogP contribution is 2.27. The van der Waals surface area contributed by atoms with Gasteiger partial charge in [-0.15, -0.1) is 0 Å². The van der Waals surface area contributed by atoms with Gasteiger partial charge in [-0.3, -0.25) is 14.8 Å². The first-order chi connectivity index (χ1) is 19.4. The van der Waals surface area contributed by atoms with Crippen LogP contribution in [-0.4, -0.2) is 55.9 Å². The third kappa shape index (κ3) is 12.5. The third-order valence-corrected chi connectivity index (χ3v) is 7.24. The second kappa shape index (κ2) is 15.2. The van der Waals surface area contributed by atoms with E-state index in [2.05, 4.69) is 5.32 Å². The van der Waals surface area contributed by atoms with E-state index in [4.69, 9.17) is 20.9 Å². The van der Waals surface area contributed by atoms with Crippen LogP contribution in [0.15, 0.2) is 84.9 Å². The minimum absolute atomic E-state index is 0.276. The number of rotatable bonds is 8. The summed E-state index contributed by atoms with van der Waals surface area (Å²) in [6.07, 6.45) is -5.37. The molecule has 12 heteroatoms. The summed E-state index contributed by atoms with van der Waals surface area (Å²) < 4.78 is 74.5. The molecule has 1 heterocycles. The van der Waals surface area contributed by atoms with E-state index in [1.807, 2.05) is 30.3 Å². The number of carbonyl (C=O) groups excluding carboxylic acids is 1. The van der Waals surface area contributed by atoms with Crippen LogP contribution in [0, 0.1) is 5.92 Å². The van der Waals surface area contributed by atoms with Gasteiger partial charge in [0.1, 0.15) is 5.75 Å². The van der Waals surface area contributed by atoms with Crippen molar-refractivity contribution in [1.82, 2.24) is 4.90 Å². The predicted molar refractivity (Wildman–Crippen MR) is 152 cm³/mol. The monoisotopic (exact) mass is 612 g/mol. The molecule has 4 rings (SSSR count). The largest absolute Gasteiger partial charge is 0.435 e. The van der Waals surface area contributed by atoms with E-state index in [1.165, 1.54) is 29.8 Å². The first kappa shape index (κ1) is 32.4. The zero-order valence-electron chi connectivity index (χ0n) is 22.1. The van der Waals surface area contributed by atoms with Crippen LogP contribution in [0.4, 0.5) is 23.7 Å². The van der Waals surface area contributed by atoms with Crippen LogP contribution in [-0.2, 0) is 27.0 Å². The number of carbonyl (C=O) groups is 1. The van der Waals surface area contributed by atoms with Gasteiger partial charge < -0.3 is 4.74 Å². The molecule has 1 amide bonds. The number of alkyl halides is 3. The number of likely N-dealkylation sites (tertiary alicyclic amines) is 1. The van der Waals surface area contributed by atoms with E-state index in [0.29, 0.717) is 29.4 Å². The van der Waals surface area contributed by atoms with Crippen molar-refractivity contribution >= 4 is 33.5 Å². The summed E-state index contributed by atoms with van der Waals surface area (Å²) in [4.78, 5) is 13.8. The Kier molecular flexibility index (Phi) is 12.0. The molecule has 1 fully saturated rings. The number of benzene rings is 3. The van der Waals surface area contributed by atoms with Crippen molar-refractivity contribution in [3.63, 3.8) is 0 Å². The first-order valence-electron chi connectivity index (χ1n) is 12.9. The number of amides is 1. The zero-order valence-corrected chi connectivity index (χ0v) is 23.7. The molecule has 1 aliphatic rings. The van der Waals surface area contributed by atoms with Gasteiger partial charge in [-0.05, 0) is 67.1 Å². The van der Waals surface area contributed by atoms with Gasteiger partial charge in [0.05, 0.1) is 0 Å². The van der Waals surface area contributed by atoms with E-state index in [-0.39, 0.29) is 18.2 Å². The number of halogens is 4. The number of hydrogen-bond acceptors (Lipinski definition) is 5. The summed E-state index contributed by atoms with van der Waals surface area (Å²) >= 11 is 5.77. The molecule has 1 aliphatic heterocycles. The topological polar surface area (TPSA) is 95.9 Å². The van der Waals surface area contributed by atoms with Gasteiger partial charge >= 0.3 is 12.3 Å². The third-order valence-electron chi connectivity index (χ3n) is 6.29. The molecule has 2 N–H and O–H groups in total. The van der Waals surface area contributed by atoms with E-state index in [9.17, 15) is 26.4 Å². The quantitative estimate of drug-likeness (QED) is 0.270. The molecule has 0 saturated carbocycles. The summed E-state index contributed by atoms with van der Waals surface area (Å²) in [7, 11) is -3.88. The minimum Gasteiger partial charge on any atom is -0.435 e. The van der Waals surface area contributed by atoms with Gasteiger partial charge in [-0.25, -0.2) is 4.79 Å². The van der Waals surface area contributed by atoms with Crippen LogP contribution >= 0.6 is 11.6 Å². The van der Waals surface area contributed by atoms with Crippen molar-refractivity contribution < 1.29 is 35.7 Å². The number of nitrogens with one attached hydrogen (secondary N) is 1. The minimum atomic E-state index is -4.65. The fourth-order valence-electron chi connectivity index (χ4n) is 4.47. The number of hydrogen-bond donors (Lipinski definition) is 2. The number of anilines is 1. The van der Waals surface area contributed by atoms with Gasteiger partial charge in [0.2, 0.25) is 6.10 Å². The van der Waals surface area contributed by atoms with Crippen LogP contribution in [0.1, 0.15) is 24.0 Å². The van der Waals surface area contributed by atoms with Gasteiger partial charge in [0.15, 0.2) is 0 Å². The molecule has 222 valence electrons. The molecule has 0 aromatic heterocycles. The van der Waals surface area contributed by atoms with Gasteiger partial charge in [-0.1, -0.05) is 72.3 Å². The van der Waals surface area contributed by atoms with Crippen LogP contribution in [0.5, 0.6) is 0 Å². The van der Waals surface area contributed by atoms with Crippen molar-refractivity contribution in [2.75, 3.05) is 25.0 Å². The van der Waals surface area contributed by atoms with Crippen molar-refractivity contribution in [3.8, 4) is 0 Å². The molecule has 2 atom stereocenters. The Bertz CT molecular complexity index is 1330. The highest BCUT2D eigenvalue weighted by atomic mass is 35.5. The summed E-state index contributed by atoms with van der Waals surface area (Å²) in [5.41, 5.74) is 2.08. The molecule has 0 unspecified atom stereocenters. The van der Waals surface area contributed by atoms with Crippen LogP contribution < -0.4 is 5.32 Å². The molecule has 7 nitrogen and oxygen atoms in total. The lowest BCUT2D eigenvalue weighted by molar-refractivity contribution is -0.207. The SMILES string of the molecule is O=C(Nc1ccc(Cl)cc1)O[C@@H](CN1CCC[C@H](Cc2ccccc2)C1)C(F)(F)F.O=S(=O)(O)Cc1ccccc1. The molecule has 41 heavy (non-hydrogen) atoms. The van der Waals surface area contributed by atoms with E-state index in [1.54, 1.807) is 35.2 Å². The van der Waals surface area contributed by atoms with Crippen molar-refractivity contribution in [3.05, 3.63) is 101 Å². The first-order valence-corrected chi connectivity index (χ1v) is 14.9. The standard InChI is InChI=1S/C22H24ClF3N2O2.C7H8O3S/c23-18-8-10-19(11-9-18)27-21(29)30-20(22(24,25)26)15-28-12-4-7-17(14-28)13-16-5-2-1-3-6-16;8-11(9,10)6-7-4-2-1-3-5-7/h1-3,5-6,8-11,17,20H,4,7,12-15H2,(H,27,29);1-5H,6H2,(H,8,9,10)/t17-,20+;/m1./s1. The predicted octanol–water partition coefficient (Wildman–Crippen LogP) is 6.85. The maximum atomic E-state index is 13.5. The summed E-state index contributed by atoms with van der Waals surface area (Å²) in [6.45, 7) is 0.729. The van der Waals surface area contributed by atoms with Crippen molar-refractivity contribution in [2.45, 2.75) is 37.3 Å². The highest BCUT2D eigenvalue weighted by Gasteiger charge is 2.44. The molecule has 3 aromatic carbocycles. The molecule has 0 aliphatic carbocycles. The Morgan fingerprint density at radius 2 is 1.59 bits per heavy atom. The van der Waals surface area contributed by atoms with Crippen LogP contribution in [0.3, 0.4) is 0 Å². The Morgan fingerprint density at radius 1 is 1.00 bits per heavy atom. The smallest absolute Gasteiger partial charge is 0.426 e. The molecule has 0 spiro atoms. The van der Waals surface area contributed by atoms with Crippen molar-refractivity contribution in [2.24, 2.45) is 5.92 Å². The van der Waals surface area contributed by atoms with E-state index >= 15 is 0 Å². The van der Waals surface area contributed by atoms with Crippen molar-refractivity contribution in [1.29, 1.82) is 0 Å². The lowest BCUT2D eigenvalue weighted by Crippen LogP contribution is -2.47. The lowest BCUT2D eigenvalue weighted by atomic mass is 9.91.